The van der Waals surface area contributed by atoms with Gasteiger partial charge in [-0.25, -0.2) is 14.2 Å². The van der Waals surface area contributed by atoms with Gasteiger partial charge in [0.15, 0.2) is 17.9 Å². The number of primary amides is 1. The van der Waals surface area contributed by atoms with Crippen molar-refractivity contribution in [2.75, 3.05) is 5.73 Å². The van der Waals surface area contributed by atoms with Crippen molar-refractivity contribution in [1.82, 2.24) is 35.3 Å². The number of nitrogens with zero attached hydrogens (tertiary/aromatic N) is 4. The highest BCUT2D eigenvalue weighted by atomic mass is 19.1. The van der Waals surface area contributed by atoms with E-state index in [4.69, 9.17) is 25.7 Å². The predicted molar refractivity (Wildman–Crippen MR) is 215 cm³/mol. The number of fused-ring (bicyclic) bond motifs is 1. The minimum absolute atomic E-state index is 0.0243. The molecule has 0 aliphatic heterocycles. The number of nitrogens with one attached hydrogen (secondary N) is 3. The fourth-order valence-corrected chi connectivity index (χ4v) is 10.7. The third-order valence-electron chi connectivity index (χ3n) is 12.8. The molecule has 0 unspecified atom stereocenters. The van der Waals surface area contributed by atoms with E-state index in [1.807, 2.05) is 13.8 Å². The molecule has 8 N–H and O–H groups in total. The fraction of sp³-hybridized carbons (Fsp3) is 0.488. The molecule has 0 spiro atoms. The summed E-state index contributed by atoms with van der Waals surface area (Å²) in [4.78, 5) is 52.7. The van der Waals surface area contributed by atoms with E-state index in [0.29, 0.717) is 53.2 Å². The van der Waals surface area contributed by atoms with Crippen LogP contribution in [0.1, 0.15) is 91.4 Å². The number of nitrogen functional groups attached to an aromatic ring is 1. The van der Waals surface area contributed by atoms with Crippen LogP contribution in [0, 0.1) is 42.8 Å². The zero-order chi connectivity index (χ0) is 41.4. The summed E-state index contributed by atoms with van der Waals surface area (Å²) in [5.74, 6) is 1.69. The summed E-state index contributed by atoms with van der Waals surface area (Å²) < 4.78 is 27.5. The minimum Gasteiger partial charge on any atom is -0.508 e. The van der Waals surface area contributed by atoms with Gasteiger partial charge in [0, 0.05) is 55.3 Å². The zero-order valence-electron chi connectivity index (χ0n) is 33.4. The number of ether oxygens (including phenoxy) is 1. The molecule has 0 radical (unpaired) electrons. The average molecular weight is 810 g/mol. The van der Waals surface area contributed by atoms with Crippen molar-refractivity contribution in [2.24, 2.45) is 28.9 Å². The quantitative estimate of drug-likeness (QED) is 0.0721. The van der Waals surface area contributed by atoms with Gasteiger partial charge >= 0.3 is 6.09 Å². The number of phenolic OH excluding ortho intramolecular Hbond substituents is 1. The van der Waals surface area contributed by atoms with Crippen LogP contribution in [0.25, 0.3) is 10.9 Å². The highest BCUT2D eigenvalue weighted by molar-refractivity contribution is 5.91. The topological polar surface area (TPSA) is 229 Å². The van der Waals surface area contributed by atoms with Crippen molar-refractivity contribution in [3.05, 3.63) is 88.7 Å². The van der Waals surface area contributed by atoms with Gasteiger partial charge in [-0.2, -0.15) is 4.98 Å². The Balaban J connectivity index is 1.07. The van der Waals surface area contributed by atoms with Gasteiger partial charge in [0.05, 0.1) is 0 Å². The van der Waals surface area contributed by atoms with E-state index >= 15 is 0 Å². The van der Waals surface area contributed by atoms with Gasteiger partial charge in [0.1, 0.15) is 23.7 Å². The first kappa shape index (κ1) is 39.9. The van der Waals surface area contributed by atoms with Crippen LogP contribution in [-0.4, -0.2) is 59.8 Å². The largest absolute Gasteiger partial charge is 0.508 e. The van der Waals surface area contributed by atoms with E-state index < -0.39 is 41.9 Å². The second-order valence-electron chi connectivity index (χ2n) is 17.3. The van der Waals surface area contributed by atoms with Gasteiger partial charge in [-0.1, -0.05) is 5.16 Å². The molecule has 5 aromatic rings. The summed E-state index contributed by atoms with van der Waals surface area (Å²) in [6, 6.07) is 5.56. The Morgan fingerprint density at radius 1 is 1.05 bits per heavy atom. The van der Waals surface area contributed by atoms with Gasteiger partial charge in [-0.3, -0.25) is 9.59 Å². The fourth-order valence-electron chi connectivity index (χ4n) is 10.7. The molecule has 4 aliphatic carbocycles. The number of imidazole rings is 1. The number of aromatic hydroxyl groups is 1. The number of phenols is 1. The lowest BCUT2D eigenvalue weighted by molar-refractivity contribution is -0.134. The first-order chi connectivity index (χ1) is 28.3. The maximum atomic E-state index is 14.7. The number of hydrogen-bond acceptors (Lipinski definition) is 10. The van der Waals surface area contributed by atoms with Gasteiger partial charge < -0.3 is 46.0 Å². The smallest absolute Gasteiger partial charge is 0.405 e. The summed E-state index contributed by atoms with van der Waals surface area (Å²) in [7, 11) is 0. The SMILES string of the molecule is Cc1cc(O)cc(C)c1C[C@H](NC(=O)[C@@H](CCCn1ccnc1N)OC(N)=O)C(=O)N[C@@H](Cc1c[nH]c2ccc(F)cc12)c1nc(CC23CC4CC(CC(C4)C2)C3)no1. The normalized spacial score (nSPS) is 22.3. The maximum absolute atomic E-state index is 14.7. The number of halogens is 1. The highest BCUT2D eigenvalue weighted by Crippen LogP contribution is 2.61. The monoisotopic (exact) mass is 809 g/mol. The summed E-state index contributed by atoms with van der Waals surface area (Å²) in [5.41, 5.74) is 15.0. The number of amides is 3. The molecule has 15 nitrogen and oxygen atoms in total. The maximum Gasteiger partial charge on any atom is 0.405 e. The van der Waals surface area contributed by atoms with E-state index in [9.17, 15) is 23.9 Å². The van der Waals surface area contributed by atoms with Crippen molar-refractivity contribution in [3.8, 4) is 5.75 Å². The molecule has 4 aliphatic rings. The van der Waals surface area contributed by atoms with E-state index in [-0.39, 0.29) is 36.3 Å². The van der Waals surface area contributed by atoms with Gasteiger partial charge in [0.2, 0.25) is 11.8 Å². The molecule has 312 valence electrons. The number of benzene rings is 2. The number of hydrogen-bond donors (Lipinski definition) is 6. The lowest BCUT2D eigenvalue weighted by Crippen LogP contribution is -2.52. The Morgan fingerprint density at radius 2 is 1.76 bits per heavy atom. The van der Waals surface area contributed by atoms with E-state index in [2.05, 4.69) is 25.8 Å². The van der Waals surface area contributed by atoms with Crippen molar-refractivity contribution < 1.29 is 33.1 Å². The van der Waals surface area contributed by atoms with Crippen molar-refractivity contribution >= 4 is 34.8 Å². The number of aryl methyl sites for hydroxylation is 3. The second-order valence-corrected chi connectivity index (χ2v) is 17.3. The number of anilines is 1. The van der Waals surface area contributed by atoms with Crippen LogP contribution in [-0.2, 0) is 40.1 Å². The van der Waals surface area contributed by atoms with Crippen LogP contribution in [0.4, 0.5) is 15.1 Å². The van der Waals surface area contributed by atoms with Crippen LogP contribution in [0.2, 0.25) is 0 Å². The molecule has 3 aromatic heterocycles. The predicted octanol–water partition coefficient (Wildman–Crippen LogP) is 5.62. The molecule has 9 rings (SSSR count). The number of aromatic amines is 1. The molecule has 4 fully saturated rings. The summed E-state index contributed by atoms with van der Waals surface area (Å²) in [6.07, 6.45) is 11.3. The standard InChI is InChI=1S/C43H52FN9O6/c1-23-10-30(54)11-24(2)31(23)17-34(49-39(56)36(58-42(46)57)4-3-8-53-9-7-47-41(53)45)38(55)50-35(15-28-22-48-33-6-5-29(44)16-32(28)33)40-51-37(52-59-40)21-43-18-25-12-26(19-43)14-27(13-25)20-43/h5-7,9-11,16,22,25-27,34-36,48,54H,3-4,8,12-15,17-21H2,1-2H3,(H2,45,47)(H2,46,57)(H,49,56)(H,50,55)/t25?,26?,27?,34-,35-,36+,43?/m0/s1. The third kappa shape index (κ3) is 8.91. The second kappa shape index (κ2) is 16.4. The Kier molecular flexibility index (Phi) is 11.1. The summed E-state index contributed by atoms with van der Waals surface area (Å²) >= 11 is 0. The lowest BCUT2D eigenvalue weighted by Gasteiger charge is -2.56. The molecule has 4 saturated carbocycles. The Hall–Kier alpha value is -5.93. The number of rotatable bonds is 16. The Bertz CT molecular complexity index is 2290. The Morgan fingerprint density at radius 3 is 2.42 bits per heavy atom. The average Bonchev–Trinajstić information content (AvgIpc) is 3.91. The lowest BCUT2D eigenvalue weighted by atomic mass is 9.49. The molecule has 59 heavy (non-hydrogen) atoms. The molecular weight excluding hydrogens is 758 g/mol. The van der Waals surface area contributed by atoms with Gasteiger partial charge in [-0.05, 0) is 141 Å². The van der Waals surface area contributed by atoms with Gasteiger partial charge in [-0.15, -0.1) is 0 Å². The molecule has 0 saturated heterocycles. The molecule has 3 amide bonds. The van der Waals surface area contributed by atoms with Crippen LogP contribution < -0.4 is 22.1 Å². The van der Waals surface area contributed by atoms with Gasteiger partial charge in [0.25, 0.3) is 5.91 Å². The third-order valence-corrected chi connectivity index (χ3v) is 12.8. The molecule has 4 bridgehead atoms. The number of carbonyl (C=O) groups is 3. The van der Waals surface area contributed by atoms with E-state index in [1.165, 1.54) is 50.7 Å². The van der Waals surface area contributed by atoms with Crippen LogP contribution in [0.5, 0.6) is 5.75 Å². The van der Waals surface area contributed by atoms with E-state index in [1.54, 1.807) is 41.4 Å². The van der Waals surface area contributed by atoms with Crippen LogP contribution in [0.15, 0.2) is 53.4 Å². The number of carbonyl (C=O) groups excluding carboxylic acids is 3. The molecule has 2 aromatic carbocycles. The minimum atomic E-state index is -1.32. The molecule has 3 heterocycles. The molecule has 16 heteroatoms. The summed E-state index contributed by atoms with van der Waals surface area (Å²) in [6.45, 7) is 4.01. The number of nitrogens with two attached hydrogens (primary N) is 2. The van der Waals surface area contributed by atoms with E-state index in [0.717, 1.165) is 28.8 Å². The van der Waals surface area contributed by atoms with Crippen LogP contribution >= 0.6 is 0 Å². The number of H-pyrrole nitrogens is 1. The highest BCUT2D eigenvalue weighted by Gasteiger charge is 2.51. The van der Waals surface area contributed by atoms with Crippen LogP contribution in [0.3, 0.4) is 0 Å². The number of aromatic nitrogens is 5. The first-order valence-electron chi connectivity index (χ1n) is 20.5. The van der Waals surface area contributed by atoms with Crippen molar-refractivity contribution in [2.45, 2.75) is 109 Å². The van der Waals surface area contributed by atoms with Crippen molar-refractivity contribution in [3.63, 3.8) is 0 Å². The molecular formula is C43H52FN9O6. The summed E-state index contributed by atoms with van der Waals surface area (Å²) in [5, 5.41) is 21.3. The first-order valence-corrected chi connectivity index (χ1v) is 20.5. The zero-order valence-corrected chi connectivity index (χ0v) is 33.4. The Labute approximate surface area is 340 Å². The molecule has 3 atom stereocenters. The van der Waals surface area contributed by atoms with Crippen molar-refractivity contribution in [1.29, 1.82) is 0 Å².